The standard InChI is InChI=1S/C26H26N4O4S/c1-17-13-15-21(16-14-17)35(33,34)28-23-12-8-11-22(18(23)2)25(31)27-24-19(3)29(4)30(26(24)32)20-9-6-5-7-10-20/h5-16,28H,1-4H3,(H,27,31). The molecule has 1 aromatic heterocycles. The van der Waals surface area contributed by atoms with Crippen LogP contribution in [0.4, 0.5) is 11.4 Å². The number of aromatic nitrogens is 2. The van der Waals surface area contributed by atoms with Gasteiger partial charge >= 0.3 is 0 Å². The Morgan fingerprint density at radius 1 is 0.857 bits per heavy atom. The van der Waals surface area contributed by atoms with Crippen molar-refractivity contribution in [2.45, 2.75) is 25.7 Å². The van der Waals surface area contributed by atoms with Gasteiger partial charge in [-0.05, 0) is 62.7 Å². The third-order valence-corrected chi connectivity index (χ3v) is 7.33. The first kappa shape index (κ1) is 24.0. The molecule has 2 N–H and O–H groups in total. The van der Waals surface area contributed by atoms with Crippen molar-refractivity contribution in [3.63, 3.8) is 0 Å². The number of hydrogen-bond donors (Lipinski definition) is 2. The number of benzene rings is 3. The highest BCUT2D eigenvalue weighted by Crippen LogP contribution is 2.24. The number of sulfonamides is 1. The molecule has 0 aliphatic heterocycles. The number of aryl methyl sites for hydroxylation is 1. The third-order valence-electron chi connectivity index (χ3n) is 5.95. The first-order valence-electron chi connectivity index (χ1n) is 10.9. The van der Waals surface area contributed by atoms with Crippen LogP contribution < -0.4 is 15.6 Å². The fourth-order valence-electron chi connectivity index (χ4n) is 3.81. The van der Waals surface area contributed by atoms with E-state index in [2.05, 4.69) is 10.0 Å². The highest BCUT2D eigenvalue weighted by Gasteiger charge is 2.21. The SMILES string of the molecule is Cc1ccc(S(=O)(=O)Nc2cccc(C(=O)Nc3c(C)n(C)n(-c4ccccc4)c3=O)c2C)cc1. The zero-order valence-electron chi connectivity index (χ0n) is 19.9. The van der Waals surface area contributed by atoms with E-state index < -0.39 is 15.9 Å². The zero-order valence-corrected chi connectivity index (χ0v) is 20.7. The first-order valence-corrected chi connectivity index (χ1v) is 12.4. The summed E-state index contributed by atoms with van der Waals surface area (Å²) in [5, 5.41) is 2.72. The summed E-state index contributed by atoms with van der Waals surface area (Å²) in [4.78, 5) is 26.4. The van der Waals surface area contributed by atoms with Crippen LogP contribution in [0.3, 0.4) is 0 Å². The van der Waals surface area contributed by atoms with Gasteiger partial charge in [-0.1, -0.05) is 42.0 Å². The van der Waals surface area contributed by atoms with Crippen LogP contribution >= 0.6 is 0 Å². The molecule has 0 unspecified atom stereocenters. The number of para-hydroxylation sites is 1. The molecule has 0 saturated carbocycles. The molecule has 0 spiro atoms. The van der Waals surface area contributed by atoms with Gasteiger partial charge in [0.1, 0.15) is 5.69 Å². The molecular weight excluding hydrogens is 464 g/mol. The molecule has 0 saturated heterocycles. The predicted octanol–water partition coefficient (Wildman–Crippen LogP) is 4.15. The van der Waals surface area contributed by atoms with Crippen LogP contribution in [0.15, 0.2) is 82.5 Å². The van der Waals surface area contributed by atoms with Gasteiger partial charge in [-0.2, -0.15) is 0 Å². The maximum Gasteiger partial charge on any atom is 0.295 e. The summed E-state index contributed by atoms with van der Waals surface area (Å²) in [5.41, 5.74) is 2.98. The van der Waals surface area contributed by atoms with E-state index in [0.29, 0.717) is 16.9 Å². The topological polar surface area (TPSA) is 102 Å². The van der Waals surface area contributed by atoms with Gasteiger partial charge in [-0.15, -0.1) is 0 Å². The monoisotopic (exact) mass is 490 g/mol. The van der Waals surface area contributed by atoms with Crippen LogP contribution in [0.5, 0.6) is 0 Å². The van der Waals surface area contributed by atoms with Crippen molar-refractivity contribution in [2.24, 2.45) is 7.05 Å². The molecule has 1 amide bonds. The van der Waals surface area contributed by atoms with E-state index in [1.165, 1.54) is 16.8 Å². The van der Waals surface area contributed by atoms with Crippen LogP contribution in [-0.2, 0) is 17.1 Å². The summed E-state index contributed by atoms with van der Waals surface area (Å²) in [6.07, 6.45) is 0. The number of nitrogens with zero attached hydrogens (tertiary/aromatic N) is 2. The van der Waals surface area contributed by atoms with Crippen LogP contribution in [0.1, 0.15) is 27.2 Å². The lowest BCUT2D eigenvalue weighted by Crippen LogP contribution is -2.23. The van der Waals surface area contributed by atoms with Crippen molar-refractivity contribution in [1.29, 1.82) is 0 Å². The summed E-state index contributed by atoms with van der Waals surface area (Å²) in [6, 6.07) is 20.4. The van der Waals surface area contributed by atoms with E-state index in [0.717, 1.165) is 5.56 Å². The molecule has 0 radical (unpaired) electrons. The molecule has 3 aromatic carbocycles. The lowest BCUT2D eigenvalue weighted by atomic mass is 10.1. The van der Waals surface area contributed by atoms with Crippen molar-refractivity contribution in [2.75, 3.05) is 10.0 Å². The summed E-state index contributed by atoms with van der Waals surface area (Å²) < 4.78 is 31.4. The molecule has 8 nitrogen and oxygen atoms in total. The van der Waals surface area contributed by atoms with Crippen molar-refractivity contribution < 1.29 is 13.2 Å². The van der Waals surface area contributed by atoms with Gasteiger partial charge in [-0.3, -0.25) is 19.0 Å². The highest BCUT2D eigenvalue weighted by atomic mass is 32.2. The number of nitrogens with one attached hydrogen (secondary N) is 2. The Hall–Kier alpha value is -4.11. The van der Waals surface area contributed by atoms with Gasteiger partial charge in [0.2, 0.25) is 0 Å². The fourth-order valence-corrected chi connectivity index (χ4v) is 4.93. The van der Waals surface area contributed by atoms with E-state index in [-0.39, 0.29) is 27.4 Å². The molecule has 4 rings (SSSR count). The average Bonchev–Trinajstić information content (AvgIpc) is 3.04. The molecule has 0 aliphatic rings. The summed E-state index contributed by atoms with van der Waals surface area (Å²) in [7, 11) is -2.10. The molecule has 35 heavy (non-hydrogen) atoms. The second-order valence-electron chi connectivity index (χ2n) is 8.29. The largest absolute Gasteiger partial charge is 0.316 e. The van der Waals surface area contributed by atoms with Crippen molar-refractivity contribution >= 4 is 27.3 Å². The molecule has 180 valence electrons. The van der Waals surface area contributed by atoms with Gasteiger partial charge in [0.25, 0.3) is 21.5 Å². The Labute approximate surface area is 203 Å². The minimum Gasteiger partial charge on any atom is -0.316 e. The van der Waals surface area contributed by atoms with E-state index in [1.807, 2.05) is 25.1 Å². The second kappa shape index (κ2) is 9.27. The first-order chi connectivity index (χ1) is 16.6. The number of anilines is 2. The van der Waals surface area contributed by atoms with Gasteiger partial charge < -0.3 is 5.32 Å². The smallest absolute Gasteiger partial charge is 0.295 e. The Morgan fingerprint density at radius 3 is 2.17 bits per heavy atom. The van der Waals surface area contributed by atoms with Gasteiger partial charge in [0.15, 0.2) is 0 Å². The number of rotatable bonds is 6. The maximum atomic E-state index is 13.2. The Kier molecular flexibility index (Phi) is 6.36. The Bertz CT molecular complexity index is 1570. The van der Waals surface area contributed by atoms with Crippen LogP contribution in [0, 0.1) is 20.8 Å². The molecular formula is C26H26N4O4S. The average molecular weight is 491 g/mol. The lowest BCUT2D eigenvalue weighted by molar-refractivity contribution is 0.102. The summed E-state index contributed by atoms with van der Waals surface area (Å²) in [6.45, 7) is 5.27. The second-order valence-corrected chi connectivity index (χ2v) is 9.97. The lowest BCUT2D eigenvalue weighted by Gasteiger charge is -2.14. The van der Waals surface area contributed by atoms with E-state index in [4.69, 9.17) is 0 Å². The van der Waals surface area contributed by atoms with E-state index in [9.17, 15) is 18.0 Å². The molecule has 0 aliphatic carbocycles. The molecule has 4 aromatic rings. The van der Waals surface area contributed by atoms with Crippen molar-refractivity contribution in [3.8, 4) is 5.69 Å². The molecule has 0 bridgehead atoms. The molecule has 1 heterocycles. The normalized spacial score (nSPS) is 11.3. The predicted molar refractivity (Wildman–Crippen MR) is 137 cm³/mol. The van der Waals surface area contributed by atoms with Crippen LogP contribution in [0.25, 0.3) is 5.69 Å². The minimum absolute atomic E-state index is 0.124. The third kappa shape index (κ3) is 4.63. The molecule has 9 heteroatoms. The van der Waals surface area contributed by atoms with E-state index >= 15 is 0 Å². The fraction of sp³-hybridized carbons (Fsp3) is 0.154. The van der Waals surface area contributed by atoms with Gasteiger partial charge in [-0.25, -0.2) is 13.1 Å². The van der Waals surface area contributed by atoms with E-state index in [1.54, 1.807) is 68.0 Å². The summed E-state index contributed by atoms with van der Waals surface area (Å²) >= 11 is 0. The number of hydrogen-bond acceptors (Lipinski definition) is 4. The van der Waals surface area contributed by atoms with Crippen molar-refractivity contribution in [1.82, 2.24) is 9.36 Å². The summed E-state index contributed by atoms with van der Waals surface area (Å²) in [5.74, 6) is -0.509. The molecule has 0 fully saturated rings. The number of amides is 1. The quantitative estimate of drug-likeness (QED) is 0.424. The Morgan fingerprint density at radius 2 is 1.51 bits per heavy atom. The Balaban J connectivity index is 1.64. The molecule has 0 atom stereocenters. The maximum absolute atomic E-state index is 13.2. The number of carbonyl (C=O) groups excluding carboxylic acids is 1. The van der Waals surface area contributed by atoms with Crippen LogP contribution in [-0.4, -0.2) is 23.7 Å². The minimum atomic E-state index is -3.84. The van der Waals surface area contributed by atoms with Gasteiger partial charge in [0, 0.05) is 12.6 Å². The zero-order chi connectivity index (χ0) is 25.3. The van der Waals surface area contributed by atoms with Crippen molar-refractivity contribution in [3.05, 3.63) is 106 Å². The van der Waals surface area contributed by atoms with Gasteiger partial charge in [0.05, 0.1) is 22.0 Å². The number of carbonyl (C=O) groups is 1. The van der Waals surface area contributed by atoms with Crippen LogP contribution in [0.2, 0.25) is 0 Å². The highest BCUT2D eigenvalue weighted by molar-refractivity contribution is 7.92.